The van der Waals surface area contributed by atoms with Gasteiger partial charge >= 0.3 is 6.03 Å². The maximum absolute atomic E-state index is 13.1. The summed E-state index contributed by atoms with van der Waals surface area (Å²) in [7, 11) is 0. The van der Waals surface area contributed by atoms with E-state index in [9.17, 15) is 9.18 Å². The second-order valence-corrected chi connectivity index (χ2v) is 5.65. The SMILES string of the molecule is CCOc1ccc(C)cc1C(C)NC(=O)NCc1cccc(F)c1. The highest BCUT2D eigenvalue weighted by Gasteiger charge is 2.14. The van der Waals surface area contributed by atoms with Crippen molar-refractivity contribution >= 4 is 6.03 Å². The van der Waals surface area contributed by atoms with Crippen LogP contribution in [0, 0.1) is 12.7 Å². The van der Waals surface area contributed by atoms with E-state index in [2.05, 4.69) is 10.6 Å². The molecule has 2 aromatic rings. The van der Waals surface area contributed by atoms with Crippen molar-refractivity contribution in [1.29, 1.82) is 0 Å². The van der Waals surface area contributed by atoms with Crippen LogP contribution in [0.25, 0.3) is 0 Å². The van der Waals surface area contributed by atoms with Gasteiger partial charge in [0.05, 0.1) is 12.6 Å². The van der Waals surface area contributed by atoms with Crippen LogP contribution in [0.4, 0.5) is 9.18 Å². The van der Waals surface area contributed by atoms with Crippen LogP contribution in [0.15, 0.2) is 42.5 Å². The quantitative estimate of drug-likeness (QED) is 0.838. The Morgan fingerprint density at radius 1 is 1.25 bits per heavy atom. The van der Waals surface area contributed by atoms with Gasteiger partial charge in [-0.15, -0.1) is 0 Å². The summed E-state index contributed by atoms with van der Waals surface area (Å²) in [5.74, 6) is 0.449. The van der Waals surface area contributed by atoms with Crippen molar-refractivity contribution < 1.29 is 13.9 Å². The molecule has 24 heavy (non-hydrogen) atoms. The van der Waals surface area contributed by atoms with Crippen LogP contribution >= 0.6 is 0 Å². The molecule has 2 amide bonds. The summed E-state index contributed by atoms with van der Waals surface area (Å²) in [6.45, 7) is 6.65. The number of ether oxygens (including phenoxy) is 1. The molecular weight excluding hydrogens is 307 g/mol. The Bertz CT molecular complexity index is 704. The number of amides is 2. The van der Waals surface area contributed by atoms with E-state index >= 15 is 0 Å². The maximum atomic E-state index is 13.1. The van der Waals surface area contributed by atoms with Gasteiger partial charge in [0.25, 0.3) is 0 Å². The molecule has 2 aromatic carbocycles. The molecule has 0 heterocycles. The van der Waals surface area contributed by atoms with E-state index in [0.717, 1.165) is 16.9 Å². The summed E-state index contributed by atoms with van der Waals surface area (Å²) >= 11 is 0. The summed E-state index contributed by atoms with van der Waals surface area (Å²) in [5.41, 5.74) is 2.74. The summed E-state index contributed by atoms with van der Waals surface area (Å²) in [6.07, 6.45) is 0. The molecule has 5 heteroatoms. The van der Waals surface area contributed by atoms with E-state index in [4.69, 9.17) is 4.74 Å². The fraction of sp³-hybridized carbons (Fsp3) is 0.316. The molecule has 2 rings (SSSR count). The number of urea groups is 1. The summed E-state index contributed by atoms with van der Waals surface area (Å²) in [4.78, 5) is 12.1. The summed E-state index contributed by atoms with van der Waals surface area (Å²) in [6, 6.07) is 11.5. The highest BCUT2D eigenvalue weighted by atomic mass is 19.1. The number of aryl methyl sites for hydroxylation is 1. The van der Waals surface area contributed by atoms with Gasteiger partial charge in [-0.2, -0.15) is 0 Å². The fourth-order valence-electron chi connectivity index (χ4n) is 2.45. The van der Waals surface area contributed by atoms with E-state index in [1.165, 1.54) is 12.1 Å². The van der Waals surface area contributed by atoms with Crippen molar-refractivity contribution in [3.05, 3.63) is 65.0 Å². The van der Waals surface area contributed by atoms with Crippen LogP contribution in [-0.4, -0.2) is 12.6 Å². The number of hydrogen-bond donors (Lipinski definition) is 2. The van der Waals surface area contributed by atoms with Crippen molar-refractivity contribution in [2.24, 2.45) is 0 Å². The first-order chi connectivity index (χ1) is 11.5. The third kappa shape index (κ3) is 4.98. The minimum absolute atomic E-state index is 0.209. The van der Waals surface area contributed by atoms with Crippen molar-refractivity contribution in [2.75, 3.05) is 6.61 Å². The molecule has 0 aliphatic rings. The Morgan fingerprint density at radius 3 is 2.75 bits per heavy atom. The number of carbonyl (C=O) groups excluding carboxylic acids is 1. The average Bonchev–Trinajstić information content (AvgIpc) is 2.55. The Kier molecular flexibility index (Phi) is 6.18. The molecule has 0 spiro atoms. The van der Waals surface area contributed by atoms with Gasteiger partial charge in [0, 0.05) is 12.1 Å². The van der Waals surface area contributed by atoms with Gasteiger partial charge in [0.15, 0.2) is 0 Å². The first kappa shape index (κ1) is 17.8. The zero-order chi connectivity index (χ0) is 17.5. The van der Waals surface area contributed by atoms with Gasteiger partial charge in [-0.25, -0.2) is 9.18 Å². The van der Waals surface area contributed by atoms with Gasteiger partial charge in [0.1, 0.15) is 11.6 Å². The summed E-state index contributed by atoms with van der Waals surface area (Å²) < 4.78 is 18.8. The van der Waals surface area contributed by atoms with Crippen LogP contribution in [0.1, 0.15) is 36.6 Å². The Morgan fingerprint density at radius 2 is 2.04 bits per heavy atom. The summed E-state index contributed by atoms with van der Waals surface area (Å²) in [5, 5.41) is 5.62. The molecule has 0 aliphatic carbocycles. The molecule has 0 radical (unpaired) electrons. The number of rotatable bonds is 6. The molecule has 128 valence electrons. The van der Waals surface area contributed by atoms with Crippen LogP contribution in [0.3, 0.4) is 0 Å². The highest BCUT2D eigenvalue weighted by Crippen LogP contribution is 2.26. The van der Waals surface area contributed by atoms with E-state index in [0.29, 0.717) is 12.2 Å². The predicted molar refractivity (Wildman–Crippen MR) is 92.5 cm³/mol. The van der Waals surface area contributed by atoms with E-state index < -0.39 is 0 Å². The molecule has 0 saturated carbocycles. The van der Waals surface area contributed by atoms with Crippen LogP contribution in [0.5, 0.6) is 5.75 Å². The Balaban J connectivity index is 1.97. The minimum Gasteiger partial charge on any atom is -0.494 e. The fourth-order valence-corrected chi connectivity index (χ4v) is 2.45. The van der Waals surface area contributed by atoms with Crippen LogP contribution < -0.4 is 15.4 Å². The average molecular weight is 330 g/mol. The molecule has 0 aliphatic heterocycles. The van der Waals surface area contributed by atoms with Gasteiger partial charge in [0.2, 0.25) is 0 Å². The molecular formula is C19H23FN2O2. The molecule has 1 atom stereocenters. The van der Waals surface area contributed by atoms with Gasteiger partial charge in [-0.1, -0.05) is 29.8 Å². The van der Waals surface area contributed by atoms with Crippen molar-refractivity contribution in [3.63, 3.8) is 0 Å². The lowest BCUT2D eigenvalue weighted by molar-refractivity contribution is 0.237. The van der Waals surface area contributed by atoms with E-state index in [-0.39, 0.29) is 24.4 Å². The van der Waals surface area contributed by atoms with Crippen molar-refractivity contribution in [2.45, 2.75) is 33.4 Å². The normalized spacial score (nSPS) is 11.7. The topological polar surface area (TPSA) is 50.4 Å². The number of carbonyl (C=O) groups is 1. The zero-order valence-corrected chi connectivity index (χ0v) is 14.2. The Hall–Kier alpha value is -2.56. The lowest BCUT2D eigenvalue weighted by Crippen LogP contribution is -2.36. The van der Waals surface area contributed by atoms with E-state index in [1.54, 1.807) is 12.1 Å². The first-order valence-electron chi connectivity index (χ1n) is 8.01. The van der Waals surface area contributed by atoms with E-state index in [1.807, 2.05) is 39.0 Å². The zero-order valence-electron chi connectivity index (χ0n) is 14.2. The number of halogens is 1. The van der Waals surface area contributed by atoms with Crippen molar-refractivity contribution in [1.82, 2.24) is 10.6 Å². The minimum atomic E-state index is -0.316. The lowest BCUT2D eigenvalue weighted by atomic mass is 10.0. The lowest BCUT2D eigenvalue weighted by Gasteiger charge is -2.19. The first-order valence-corrected chi connectivity index (χ1v) is 8.01. The third-order valence-corrected chi connectivity index (χ3v) is 3.62. The second-order valence-electron chi connectivity index (χ2n) is 5.65. The molecule has 0 fully saturated rings. The Labute approximate surface area is 142 Å². The van der Waals surface area contributed by atoms with Crippen LogP contribution in [-0.2, 0) is 6.54 Å². The molecule has 2 N–H and O–H groups in total. The number of benzene rings is 2. The van der Waals surface area contributed by atoms with Crippen LogP contribution in [0.2, 0.25) is 0 Å². The van der Waals surface area contributed by atoms with Crippen molar-refractivity contribution in [3.8, 4) is 5.75 Å². The maximum Gasteiger partial charge on any atom is 0.315 e. The third-order valence-electron chi connectivity index (χ3n) is 3.62. The molecule has 1 unspecified atom stereocenters. The monoisotopic (exact) mass is 330 g/mol. The number of nitrogens with one attached hydrogen (secondary N) is 2. The standard InChI is InChI=1S/C19H23FN2O2/c1-4-24-18-9-8-13(2)10-17(18)14(3)22-19(23)21-12-15-6-5-7-16(20)11-15/h5-11,14H,4,12H2,1-3H3,(H2,21,22,23). The van der Waals surface area contributed by atoms with Gasteiger partial charge in [-0.05, 0) is 44.5 Å². The van der Waals surface area contributed by atoms with Gasteiger partial charge in [-0.3, -0.25) is 0 Å². The smallest absolute Gasteiger partial charge is 0.315 e. The predicted octanol–water partition coefficient (Wildman–Crippen LogP) is 4.09. The molecule has 0 saturated heterocycles. The molecule has 4 nitrogen and oxygen atoms in total. The molecule has 0 bridgehead atoms. The van der Waals surface area contributed by atoms with Gasteiger partial charge < -0.3 is 15.4 Å². The molecule has 0 aromatic heterocycles. The highest BCUT2D eigenvalue weighted by molar-refractivity contribution is 5.74. The second kappa shape index (κ2) is 8.34. The largest absolute Gasteiger partial charge is 0.494 e. The number of hydrogen-bond acceptors (Lipinski definition) is 2.